The summed E-state index contributed by atoms with van der Waals surface area (Å²) in [4.78, 5) is 95.0. The number of hydrogen-bond donors (Lipinski definition) is 5. The number of aromatic nitrogens is 3. The number of fused-ring (bicyclic) bond motifs is 8. The number of benzene rings is 2. The first-order valence-electron chi connectivity index (χ1n) is 29.1. The van der Waals surface area contributed by atoms with Gasteiger partial charge in [0.2, 0.25) is 23.6 Å². The van der Waals surface area contributed by atoms with E-state index in [9.17, 15) is 33.2 Å². The Hall–Kier alpha value is -7.36. The maximum Gasteiger partial charge on any atom is 0.303 e. The number of nitrogens with one attached hydrogen (secondary N) is 4. The number of aryl methyl sites for hydroxylation is 1. The molecule has 2 bridgehead atoms. The summed E-state index contributed by atoms with van der Waals surface area (Å²) in [6.45, 7) is 20.5. The van der Waals surface area contributed by atoms with Gasteiger partial charge in [-0.3, -0.25) is 28.8 Å². The van der Waals surface area contributed by atoms with Crippen molar-refractivity contribution in [1.29, 1.82) is 0 Å². The van der Waals surface area contributed by atoms with Crippen LogP contribution in [0.25, 0.3) is 16.0 Å². The van der Waals surface area contributed by atoms with Gasteiger partial charge in [-0.2, -0.15) is 4.68 Å². The number of halogens is 1. The van der Waals surface area contributed by atoms with Crippen molar-refractivity contribution in [2.24, 2.45) is 5.41 Å². The molecule has 23 heteroatoms. The van der Waals surface area contributed by atoms with Gasteiger partial charge in [0.15, 0.2) is 0 Å². The van der Waals surface area contributed by atoms with Crippen LogP contribution in [0.1, 0.15) is 125 Å². The average molecular weight is 1160 g/mol. The number of carbonyl (C=O) groups excluding carboxylic acids is 6. The van der Waals surface area contributed by atoms with Crippen molar-refractivity contribution < 1.29 is 52.1 Å². The first-order valence-corrected chi connectivity index (χ1v) is 29.1. The zero-order chi connectivity index (χ0) is 60.5. The third kappa shape index (κ3) is 16.7. The minimum Gasteiger partial charge on any atom is -0.382 e. The molecule has 5 amide bonds. The Bertz CT molecular complexity index is 2970. The first kappa shape index (κ1) is 64.2. The Labute approximate surface area is 491 Å². The molecule has 2 fully saturated rings. The molecule has 0 aliphatic carbocycles. The Balaban J connectivity index is 0.785. The van der Waals surface area contributed by atoms with E-state index in [1.54, 1.807) is 36.8 Å². The number of nitrogens with two attached hydrogens (primary N) is 1. The van der Waals surface area contributed by atoms with E-state index in [1.165, 1.54) is 23.1 Å². The van der Waals surface area contributed by atoms with Gasteiger partial charge in [-0.15, -0.1) is 0 Å². The first-order chi connectivity index (χ1) is 40.3. The molecule has 6 N–H and O–H groups in total. The molecule has 2 aromatic carbocycles. The van der Waals surface area contributed by atoms with Crippen molar-refractivity contribution in [3.63, 3.8) is 0 Å². The molecular weight excluding hydrogens is 1080 g/mol. The van der Waals surface area contributed by atoms with Gasteiger partial charge < -0.3 is 65.5 Å². The number of amides is 5. The number of rotatable bonds is 28. The lowest BCUT2D eigenvalue weighted by molar-refractivity contribution is -0.144. The van der Waals surface area contributed by atoms with E-state index in [0.717, 1.165) is 12.0 Å². The summed E-state index contributed by atoms with van der Waals surface area (Å²) in [7, 11) is 3.33. The number of likely N-dealkylation sites (tertiary alicyclic amines) is 1. The highest BCUT2D eigenvalue weighted by Crippen LogP contribution is 2.44. The number of pyridine rings is 1. The van der Waals surface area contributed by atoms with Crippen LogP contribution in [0.3, 0.4) is 0 Å². The highest BCUT2D eigenvalue weighted by atomic mass is 19.1. The summed E-state index contributed by atoms with van der Waals surface area (Å²) in [6, 6.07) is 12.3. The van der Waals surface area contributed by atoms with Crippen LogP contribution in [-0.4, -0.2) is 164 Å². The average Bonchev–Trinajstić information content (AvgIpc) is 2.44. The molecule has 4 aromatic rings. The van der Waals surface area contributed by atoms with Crippen LogP contribution in [-0.2, 0) is 56.0 Å². The van der Waals surface area contributed by atoms with Crippen molar-refractivity contribution in [2.75, 3.05) is 90.7 Å². The van der Waals surface area contributed by atoms with Crippen LogP contribution in [0.4, 0.5) is 21.7 Å². The highest BCUT2D eigenvalue weighted by Gasteiger charge is 2.46. The molecule has 0 unspecified atom stereocenters. The van der Waals surface area contributed by atoms with Gasteiger partial charge in [0.1, 0.15) is 29.5 Å². The number of anilines is 2. The van der Waals surface area contributed by atoms with Crippen molar-refractivity contribution >= 4 is 52.6 Å². The summed E-state index contributed by atoms with van der Waals surface area (Å²) >= 11 is 0. The van der Waals surface area contributed by atoms with Crippen LogP contribution >= 0.6 is 0 Å². The fourth-order valence-electron chi connectivity index (χ4n) is 10.9. The number of likely N-dealkylation sites (N-methyl/N-ethyl adjacent to an activating group) is 1. The van der Waals surface area contributed by atoms with Crippen LogP contribution in [0.2, 0.25) is 0 Å². The second-order valence-electron chi connectivity index (χ2n) is 22.6. The van der Waals surface area contributed by atoms with Gasteiger partial charge in [-0.05, 0) is 97.5 Å². The summed E-state index contributed by atoms with van der Waals surface area (Å²) < 4.78 is 39.0. The molecule has 22 nitrogen and oxygen atoms in total. The second-order valence-corrected chi connectivity index (χ2v) is 22.6. The van der Waals surface area contributed by atoms with E-state index in [1.807, 2.05) is 64.1 Å². The molecule has 0 radical (unpaired) electrons. The molecule has 0 spiro atoms. The zero-order valence-corrected chi connectivity index (χ0v) is 49.5. The molecule has 5 heterocycles. The Morgan fingerprint density at radius 1 is 0.917 bits per heavy atom. The molecule has 7 rings (SSSR count). The topological polar surface area (TPSA) is 258 Å². The van der Waals surface area contributed by atoms with Crippen molar-refractivity contribution in [3.8, 4) is 11.1 Å². The van der Waals surface area contributed by atoms with Crippen LogP contribution < -0.4 is 31.9 Å². The zero-order valence-electron chi connectivity index (χ0n) is 49.5. The van der Waals surface area contributed by atoms with E-state index in [0.29, 0.717) is 85.8 Å². The van der Waals surface area contributed by atoms with E-state index in [-0.39, 0.29) is 125 Å². The van der Waals surface area contributed by atoms with Gasteiger partial charge in [0.05, 0.1) is 95.5 Å². The van der Waals surface area contributed by atoms with Crippen molar-refractivity contribution in [1.82, 2.24) is 45.8 Å². The van der Waals surface area contributed by atoms with Crippen molar-refractivity contribution in [2.45, 2.75) is 135 Å². The minimum absolute atomic E-state index is 0.000650. The molecule has 454 valence electrons. The van der Waals surface area contributed by atoms with E-state index >= 15 is 0 Å². The predicted octanol–water partition coefficient (Wildman–Crippen LogP) is 5.83. The third-order valence-electron chi connectivity index (χ3n) is 15.6. The monoisotopic (exact) mass is 1160 g/mol. The lowest BCUT2D eigenvalue weighted by Gasteiger charge is -2.36. The fraction of sp³-hybridized carbons (Fsp3) is 0.557. The Kier molecular flexibility index (Phi) is 23.3. The van der Waals surface area contributed by atoms with E-state index in [2.05, 4.69) is 41.1 Å². The third-order valence-corrected chi connectivity index (χ3v) is 15.6. The number of ketones is 1. The van der Waals surface area contributed by atoms with Gasteiger partial charge >= 0.3 is 5.82 Å². The van der Waals surface area contributed by atoms with Gasteiger partial charge in [-0.1, -0.05) is 64.6 Å². The number of nitrogen functional groups attached to an aromatic ring is 1. The van der Waals surface area contributed by atoms with Crippen LogP contribution in [0, 0.1) is 17.8 Å². The molecule has 6 atom stereocenters. The summed E-state index contributed by atoms with van der Waals surface area (Å²) in [5.41, 5.74) is 10.1. The standard InChI is InChI=1S/C61H83FN12O10/c1-9-47(40-15-11-10-12-16-40)68-58(78)50-35-43(37-73(50)60(80)54(61(3,4)5)69-57(77)39(2)64-6)67-52(76)22-26-82-28-30-84-32-31-83-29-27-81-25-21-44(75)17-13-24-74-51-38-71(8)59(79)45-20-19-42(62)34-46(45)48-18-14-23-72(48)49-33-41(36-66-55(49)63)53(51)56(65-7)70-74/h10-12,15-16,19-20,33-34,36,39,43,47-48,50,54,64H,9,13-14,17-18,21-32,35,37-38H2,1-6,8H3,(H2,63,66)(H,67,76)(H,68,78)(H,69,77)/t39-,43-,47+,48-,50-,54+/m1/s1. The van der Waals surface area contributed by atoms with Gasteiger partial charge in [-0.25, -0.2) is 9.37 Å². The summed E-state index contributed by atoms with van der Waals surface area (Å²) in [5.74, 6) is -1.68. The van der Waals surface area contributed by atoms with Gasteiger partial charge in [0, 0.05) is 62.8 Å². The molecular formula is C61H83FN12O10. The number of Topliss-reactive ketones (excluding diaryl/α,β-unsaturated/α-hetero) is 1. The fourth-order valence-corrected chi connectivity index (χ4v) is 10.9. The van der Waals surface area contributed by atoms with Crippen LogP contribution in [0.5, 0.6) is 0 Å². The number of hydrogen-bond acceptors (Lipinski definition) is 15. The largest absolute Gasteiger partial charge is 0.382 e. The lowest BCUT2D eigenvalue weighted by atomic mass is 9.85. The molecule has 0 saturated carbocycles. The number of ether oxygens (including phenoxy) is 4. The summed E-state index contributed by atoms with van der Waals surface area (Å²) in [6.07, 6.45) is 4.85. The maximum atomic E-state index is 14.8. The summed E-state index contributed by atoms with van der Waals surface area (Å²) in [5, 5.41) is 16.6. The number of carbonyl (C=O) groups is 6. The molecule has 84 heavy (non-hydrogen) atoms. The quantitative estimate of drug-likeness (QED) is 0.0331. The van der Waals surface area contributed by atoms with Gasteiger partial charge in [0.25, 0.3) is 5.91 Å². The molecule has 2 aromatic heterocycles. The minimum atomic E-state index is -0.936. The van der Waals surface area contributed by atoms with E-state index in [4.69, 9.17) is 31.3 Å². The van der Waals surface area contributed by atoms with E-state index < -0.39 is 41.3 Å². The maximum absolute atomic E-state index is 14.8. The smallest absolute Gasteiger partial charge is 0.303 e. The lowest BCUT2D eigenvalue weighted by Crippen LogP contribution is -2.59. The molecule has 3 aliphatic rings. The second kappa shape index (κ2) is 30.4. The Morgan fingerprint density at radius 2 is 1.60 bits per heavy atom. The number of nitrogens with zero attached hydrogens (tertiary/aromatic N) is 7. The molecule has 3 aliphatic heterocycles. The Morgan fingerprint density at radius 3 is 2.25 bits per heavy atom. The normalized spacial score (nSPS) is 17.9. The van der Waals surface area contributed by atoms with Crippen molar-refractivity contribution in [3.05, 3.63) is 100 Å². The SMILES string of the molecule is [C-]#[N+]c1nn(CCCC(=O)CCOCCOCCOCCOCCC(=O)N[C@@H]2C[C@H](C(=O)N[C@@H](CC)c3ccccc3)N(C(=O)[C@H](NC(=O)[C@@H](C)NC)C(C)(C)C)C2)c2c1-c1cnc(N)c(c1)N1CCC[C@@H]1c1cc(F)ccc1C(=O)N(C)C2. The highest BCUT2D eigenvalue weighted by molar-refractivity contribution is 5.97. The predicted molar refractivity (Wildman–Crippen MR) is 314 cm³/mol. The van der Waals surface area contributed by atoms with Crippen LogP contribution in [0.15, 0.2) is 60.8 Å². The molecule has 2 saturated heterocycles.